The largest absolute Gasteiger partial charge is 0.322 e. The van der Waals surface area contributed by atoms with Gasteiger partial charge in [0.15, 0.2) is 0 Å². The Kier molecular flexibility index (Phi) is 4.06. The summed E-state index contributed by atoms with van der Waals surface area (Å²) in [5, 5.41) is 16.0. The highest BCUT2D eigenvalue weighted by atomic mass is 19.1. The van der Waals surface area contributed by atoms with Crippen LogP contribution in [-0.4, -0.2) is 23.4 Å². The van der Waals surface area contributed by atoms with Gasteiger partial charge in [-0.3, -0.25) is 14.9 Å². The van der Waals surface area contributed by atoms with Crippen molar-refractivity contribution in [1.82, 2.24) is 5.32 Å². The Bertz CT molecular complexity index is 501. The molecule has 1 fully saturated rings. The van der Waals surface area contributed by atoms with E-state index < -0.39 is 10.7 Å². The number of halogens is 1. The van der Waals surface area contributed by atoms with Gasteiger partial charge in [-0.1, -0.05) is 6.42 Å². The number of piperidine rings is 1. The van der Waals surface area contributed by atoms with Crippen LogP contribution in [0.1, 0.15) is 19.3 Å². The third-order valence-corrected chi connectivity index (χ3v) is 3.05. The Morgan fingerprint density at radius 1 is 1.47 bits per heavy atom. The van der Waals surface area contributed by atoms with Crippen molar-refractivity contribution < 1.29 is 14.1 Å². The second kappa shape index (κ2) is 5.75. The molecule has 1 atom stereocenters. The van der Waals surface area contributed by atoms with E-state index in [1.54, 1.807) is 0 Å². The van der Waals surface area contributed by atoms with Gasteiger partial charge in [0.05, 0.1) is 16.7 Å². The molecule has 6 nitrogen and oxygen atoms in total. The Balaban J connectivity index is 2.11. The third kappa shape index (κ3) is 3.25. The second-order valence-electron chi connectivity index (χ2n) is 4.41. The Morgan fingerprint density at radius 2 is 2.26 bits per heavy atom. The Morgan fingerprint density at radius 3 is 2.89 bits per heavy atom. The molecule has 0 aromatic heterocycles. The number of nitro groups is 1. The minimum atomic E-state index is -0.685. The molecule has 19 heavy (non-hydrogen) atoms. The summed E-state index contributed by atoms with van der Waals surface area (Å²) in [4.78, 5) is 21.9. The first kappa shape index (κ1) is 13.4. The summed E-state index contributed by atoms with van der Waals surface area (Å²) < 4.78 is 13.5. The number of nitrogens with one attached hydrogen (secondary N) is 2. The van der Waals surface area contributed by atoms with Crippen LogP contribution in [0.15, 0.2) is 18.2 Å². The standard InChI is InChI=1S/C12H14FN3O3/c13-9-5-4-8(16(18)19)7-11(9)15-12(17)10-3-1-2-6-14-10/h4-5,7,10,14H,1-3,6H2,(H,15,17)/t10-/m1/s1. The van der Waals surface area contributed by atoms with Gasteiger partial charge < -0.3 is 10.6 Å². The summed E-state index contributed by atoms with van der Waals surface area (Å²) in [7, 11) is 0. The van der Waals surface area contributed by atoms with E-state index in [0.717, 1.165) is 37.6 Å². The molecule has 2 N–H and O–H groups in total. The van der Waals surface area contributed by atoms with Crippen LogP contribution in [0.25, 0.3) is 0 Å². The number of carbonyl (C=O) groups is 1. The van der Waals surface area contributed by atoms with Gasteiger partial charge in [-0.05, 0) is 25.5 Å². The quantitative estimate of drug-likeness (QED) is 0.646. The first-order chi connectivity index (χ1) is 9.08. The van der Waals surface area contributed by atoms with Gasteiger partial charge in [0.2, 0.25) is 5.91 Å². The Hall–Kier alpha value is -2.02. The minimum absolute atomic E-state index is 0.161. The highest BCUT2D eigenvalue weighted by Gasteiger charge is 2.22. The lowest BCUT2D eigenvalue weighted by atomic mass is 10.0. The molecule has 0 saturated carbocycles. The number of non-ortho nitro benzene ring substituents is 1. The van der Waals surface area contributed by atoms with Gasteiger partial charge in [0, 0.05) is 12.1 Å². The molecule has 1 saturated heterocycles. The molecular formula is C12H14FN3O3. The fourth-order valence-corrected chi connectivity index (χ4v) is 2.02. The molecule has 0 radical (unpaired) electrons. The molecule has 0 unspecified atom stereocenters. The van der Waals surface area contributed by atoms with Crippen LogP contribution in [0.2, 0.25) is 0 Å². The number of nitro benzene ring substituents is 1. The molecule has 1 aromatic rings. The van der Waals surface area contributed by atoms with Crippen LogP contribution in [0.4, 0.5) is 15.8 Å². The fraction of sp³-hybridized carbons (Fsp3) is 0.417. The average Bonchev–Trinajstić information content (AvgIpc) is 2.42. The predicted octanol–water partition coefficient (Wildman–Crippen LogP) is 1.81. The van der Waals surface area contributed by atoms with Gasteiger partial charge in [0.1, 0.15) is 5.82 Å². The highest BCUT2D eigenvalue weighted by molar-refractivity contribution is 5.95. The number of hydrogen-bond donors (Lipinski definition) is 2. The van der Waals surface area contributed by atoms with Crippen molar-refractivity contribution >= 4 is 17.3 Å². The molecule has 0 aliphatic carbocycles. The van der Waals surface area contributed by atoms with E-state index in [1.807, 2.05) is 0 Å². The highest BCUT2D eigenvalue weighted by Crippen LogP contribution is 2.21. The van der Waals surface area contributed by atoms with Crippen molar-refractivity contribution in [1.29, 1.82) is 0 Å². The molecule has 1 aliphatic rings. The van der Waals surface area contributed by atoms with Gasteiger partial charge in [-0.15, -0.1) is 0 Å². The van der Waals surface area contributed by atoms with E-state index in [4.69, 9.17) is 0 Å². The monoisotopic (exact) mass is 267 g/mol. The normalized spacial score (nSPS) is 18.9. The van der Waals surface area contributed by atoms with E-state index in [2.05, 4.69) is 10.6 Å². The molecule has 102 valence electrons. The van der Waals surface area contributed by atoms with Crippen molar-refractivity contribution in [2.75, 3.05) is 11.9 Å². The van der Waals surface area contributed by atoms with Crippen LogP contribution in [0.3, 0.4) is 0 Å². The molecular weight excluding hydrogens is 253 g/mol. The van der Waals surface area contributed by atoms with Crippen molar-refractivity contribution in [2.45, 2.75) is 25.3 Å². The van der Waals surface area contributed by atoms with E-state index >= 15 is 0 Å². The van der Waals surface area contributed by atoms with E-state index in [9.17, 15) is 19.3 Å². The van der Waals surface area contributed by atoms with Crippen LogP contribution >= 0.6 is 0 Å². The fourth-order valence-electron chi connectivity index (χ4n) is 2.02. The maximum Gasteiger partial charge on any atom is 0.271 e. The summed E-state index contributed by atoms with van der Waals surface area (Å²) in [6.45, 7) is 0.746. The van der Waals surface area contributed by atoms with Gasteiger partial charge in [-0.25, -0.2) is 4.39 Å². The zero-order valence-corrected chi connectivity index (χ0v) is 10.2. The first-order valence-electron chi connectivity index (χ1n) is 6.06. The second-order valence-corrected chi connectivity index (χ2v) is 4.41. The molecule has 2 rings (SSSR count). The number of amides is 1. The number of rotatable bonds is 3. The molecule has 0 bridgehead atoms. The Labute approximate surface area is 109 Å². The smallest absolute Gasteiger partial charge is 0.271 e. The zero-order chi connectivity index (χ0) is 13.8. The van der Waals surface area contributed by atoms with Crippen molar-refractivity contribution in [2.24, 2.45) is 0 Å². The molecule has 1 amide bonds. The van der Waals surface area contributed by atoms with Crippen LogP contribution in [0.5, 0.6) is 0 Å². The maximum atomic E-state index is 13.5. The van der Waals surface area contributed by atoms with E-state index in [0.29, 0.717) is 6.42 Å². The summed E-state index contributed by atoms with van der Waals surface area (Å²) in [5.74, 6) is -1.05. The van der Waals surface area contributed by atoms with Gasteiger partial charge >= 0.3 is 0 Å². The lowest BCUT2D eigenvalue weighted by molar-refractivity contribution is -0.384. The predicted molar refractivity (Wildman–Crippen MR) is 67.3 cm³/mol. The first-order valence-corrected chi connectivity index (χ1v) is 6.06. The number of benzene rings is 1. The number of anilines is 1. The molecule has 0 spiro atoms. The van der Waals surface area contributed by atoms with Crippen LogP contribution in [-0.2, 0) is 4.79 Å². The van der Waals surface area contributed by atoms with Gasteiger partial charge in [0.25, 0.3) is 5.69 Å². The van der Waals surface area contributed by atoms with Crippen molar-refractivity contribution in [3.63, 3.8) is 0 Å². The maximum absolute atomic E-state index is 13.5. The SMILES string of the molecule is O=C(Nc1cc([N+](=O)[O-])ccc1F)[C@H]1CCCCN1. The van der Waals surface area contributed by atoms with E-state index in [-0.39, 0.29) is 23.3 Å². The molecule has 1 aliphatic heterocycles. The zero-order valence-electron chi connectivity index (χ0n) is 10.2. The summed E-state index contributed by atoms with van der Waals surface area (Å²) in [6, 6.07) is 2.69. The van der Waals surface area contributed by atoms with E-state index in [1.165, 1.54) is 0 Å². The third-order valence-electron chi connectivity index (χ3n) is 3.05. The number of nitrogens with zero attached hydrogens (tertiary/aromatic N) is 1. The summed E-state index contributed by atoms with van der Waals surface area (Å²) in [6.07, 6.45) is 2.62. The van der Waals surface area contributed by atoms with Crippen molar-refractivity contribution in [3.8, 4) is 0 Å². The lowest BCUT2D eigenvalue weighted by Crippen LogP contribution is -2.43. The summed E-state index contributed by atoms with van der Waals surface area (Å²) >= 11 is 0. The van der Waals surface area contributed by atoms with Crippen molar-refractivity contribution in [3.05, 3.63) is 34.1 Å². The van der Waals surface area contributed by atoms with Crippen LogP contribution in [0, 0.1) is 15.9 Å². The number of hydrogen-bond acceptors (Lipinski definition) is 4. The molecule has 1 aromatic carbocycles. The van der Waals surface area contributed by atoms with Gasteiger partial charge in [-0.2, -0.15) is 0 Å². The number of carbonyl (C=O) groups excluding carboxylic acids is 1. The minimum Gasteiger partial charge on any atom is -0.322 e. The topological polar surface area (TPSA) is 84.3 Å². The lowest BCUT2D eigenvalue weighted by Gasteiger charge is -2.22. The molecule has 1 heterocycles. The van der Waals surface area contributed by atoms with Crippen LogP contribution < -0.4 is 10.6 Å². The average molecular weight is 267 g/mol. The molecule has 7 heteroatoms. The summed E-state index contributed by atoms with van der Waals surface area (Å²) in [5.41, 5.74) is -0.417.